The van der Waals surface area contributed by atoms with Crippen LogP contribution >= 0.6 is 0 Å². The Morgan fingerprint density at radius 3 is 3.12 bits per heavy atom. The highest BCUT2D eigenvalue weighted by Gasteiger charge is 2.19. The molecule has 1 fully saturated rings. The largest absolute Gasteiger partial charge is 0.397 e. The van der Waals surface area contributed by atoms with E-state index in [0.29, 0.717) is 11.6 Å². The highest BCUT2D eigenvalue weighted by atomic mass is 16.3. The lowest BCUT2D eigenvalue weighted by atomic mass is 9.95. The summed E-state index contributed by atoms with van der Waals surface area (Å²) in [4.78, 5) is 6.43. The van der Waals surface area contributed by atoms with Crippen molar-refractivity contribution in [3.05, 3.63) is 18.5 Å². The zero-order chi connectivity index (χ0) is 11.4. The van der Waals surface area contributed by atoms with Crippen LogP contribution in [-0.4, -0.2) is 29.8 Å². The highest BCUT2D eigenvalue weighted by molar-refractivity contribution is 5.53. The van der Waals surface area contributed by atoms with Crippen LogP contribution in [0, 0.1) is 5.92 Å². The third-order valence-corrected chi connectivity index (χ3v) is 3.17. The number of pyridine rings is 1. The molecule has 1 unspecified atom stereocenters. The van der Waals surface area contributed by atoms with E-state index < -0.39 is 0 Å². The Labute approximate surface area is 96.1 Å². The minimum atomic E-state index is 0.285. The Morgan fingerprint density at radius 1 is 1.50 bits per heavy atom. The number of rotatable bonds is 3. The van der Waals surface area contributed by atoms with E-state index in [2.05, 4.69) is 9.88 Å². The van der Waals surface area contributed by atoms with Crippen LogP contribution in [0.15, 0.2) is 18.5 Å². The molecule has 4 nitrogen and oxygen atoms in total. The summed E-state index contributed by atoms with van der Waals surface area (Å²) in [5.74, 6) is 0.597. The number of hydrogen-bond donors (Lipinski definition) is 2. The number of aliphatic hydroxyl groups is 1. The predicted octanol–water partition coefficient (Wildman–Crippen LogP) is 1.26. The van der Waals surface area contributed by atoms with Gasteiger partial charge in [-0.15, -0.1) is 0 Å². The van der Waals surface area contributed by atoms with E-state index in [0.717, 1.165) is 25.2 Å². The molecule has 4 heteroatoms. The minimum Gasteiger partial charge on any atom is -0.397 e. The van der Waals surface area contributed by atoms with E-state index in [1.54, 1.807) is 6.20 Å². The number of aliphatic hydroxyl groups excluding tert-OH is 1. The van der Waals surface area contributed by atoms with Crippen LogP contribution in [0.3, 0.4) is 0 Å². The first-order valence-corrected chi connectivity index (χ1v) is 5.86. The van der Waals surface area contributed by atoms with Crippen molar-refractivity contribution in [2.24, 2.45) is 5.92 Å². The molecule has 2 rings (SSSR count). The third-order valence-electron chi connectivity index (χ3n) is 3.17. The number of nitrogens with zero attached hydrogens (tertiary/aromatic N) is 2. The molecule has 0 radical (unpaired) electrons. The van der Waals surface area contributed by atoms with Gasteiger partial charge in [0.1, 0.15) is 0 Å². The fourth-order valence-corrected chi connectivity index (χ4v) is 2.34. The Balaban J connectivity index is 2.03. The molecular formula is C12H19N3O. The van der Waals surface area contributed by atoms with Gasteiger partial charge in [0, 0.05) is 25.9 Å². The van der Waals surface area contributed by atoms with Crippen LogP contribution in [0.5, 0.6) is 0 Å². The zero-order valence-corrected chi connectivity index (χ0v) is 9.47. The average Bonchev–Trinajstić information content (AvgIpc) is 2.30. The second kappa shape index (κ2) is 5.16. The third kappa shape index (κ3) is 2.64. The molecule has 1 aromatic heterocycles. The lowest BCUT2D eigenvalue weighted by Gasteiger charge is -2.34. The molecule has 0 bridgehead atoms. The number of anilines is 2. The fraction of sp³-hybridized carbons (Fsp3) is 0.583. The molecule has 1 atom stereocenters. The molecule has 0 amide bonds. The molecule has 0 saturated carbocycles. The molecule has 1 aliphatic rings. The van der Waals surface area contributed by atoms with E-state index in [4.69, 9.17) is 10.8 Å². The Morgan fingerprint density at radius 2 is 2.38 bits per heavy atom. The average molecular weight is 221 g/mol. The number of nitrogens with two attached hydrogens (primary N) is 1. The first kappa shape index (κ1) is 11.2. The molecule has 1 aliphatic heterocycles. The molecule has 1 aromatic rings. The lowest BCUT2D eigenvalue weighted by Crippen LogP contribution is -2.35. The van der Waals surface area contributed by atoms with Crippen LogP contribution in [0.2, 0.25) is 0 Å². The van der Waals surface area contributed by atoms with Gasteiger partial charge in [-0.1, -0.05) is 0 Å². The van der Waals surface area contributed by atoms with Gasteiger partial charge in [-0.05, 0) is 31.2 Å². The summed E-state index contributed by atoms with van der Waals surface area (Å²) >= 11 is 0. The van der Waals surface area contributed by atoms with Crippen LogP contribution in [0.25, 0.3) is 0 Å². The molecule has 1 saturated heterocycles. The van der Waals surface area contributed by atoms with Crippen molar-refractivity contribution in [1.82, 2.24) is 4.98 Å². The van der Waals surface area contributed by atoms with Crippen molar-refractivity contribution >= 4 is 11.4 Å². The molecule has 3 N–H and O–H groups in total. The Kier molecular flexibility index (Phi) is 3.62. The summed E-state index contributed by atoms with van der Waals surface area (Å²) in [6.07, 6.45) is 6.81. The number of piperidine rings is 1. The maximum absolute atomic E-state index is 8.97. The SMILES string of the molecule is Nc1cncc(N2CCCC(CCO)C2)c1. The van der Waals surface area contributed by atoms with Gasteiger partial charge in [-0.2, -0.15) is 0 Å². The normalized spacial score (nSPS) is 21.1. The Hall–Kier alpha value is -1.29. The highest BCUT2D eigenvalue weighted by Crippen LogP contribution is 2.25. The Bertz CT molecular complexity index is 341. The summed E-state index contributed by atoms with van der Waals surface area (Å²) in [6, 6.07) is 1.97. The van der Waals surface area contributed by atoms with E-state index in [9.17, 15) is 0 Å². The fourth-order valence-electron chi connectivity index (χ4n) is 2.34. The van der Waals surface area contributed by atoms with E-state index >= 15 is 0 Å². The first-order chi connectivity index (χ1) is 7.79. The maximum Gasteiger partial charge on any atom is 0.0573 e. The van der Waals surface area contributed by atoms with Gasteiger partial charge in [0.2, 0.25) is 0 Å². The maximum atomic E-state index is 8.97. The molecule has 2 heterocycles. The van der Waals surface area contributed by atoms with Gasteiger partial charge in [-0.3, -0.25) is 4.98 Å². The summed E-state index contributed by atoms with van der Waals surface area (Å²) in [6.45, 7) is 2.35. The molecule has 0 aliphatic carbocycles. The molecule has 0 aromatic carbocycles. The zero-order valence-electron chi connectivity index (χ0n) is 9.47. The summed E-state index contributed by atoms with van der Waals surface area (Å²) in [7, 11) is 0. The van der Waals surface area contributed by atoms with Crippen molar-refractivity contribution in [3.8, 4) is 0 Å². The number of aromatic nitrogens is 1. The summed E-state index contributed by atoms with van der Waals surface area (Å²) in [5.41, 5.74) is 7.54. The second-order valence-corrected chi connectivity index (χ2v) is 4.44. The lowest BCUT2D eigenvalue weighted by molar-refractivity contribution is 0.244. The molecular weight excluding hydrogens is 202 g/mol. The number of hydrogen-bond acceptors (Lipinski definition) is 4. The standard InChI is InChI=1S/C12H19N3O/c13-11-6-12(8-14-7-11)15-4-1-2-10(9-15)3-5-16/h6-8,10,16H,1-5,9,13H2. The van der Waals surface area contributed by atoms with E-state index in [-0.39, 0.29) is 6.61 Å². The molecule has 88 valence electrons. The smallest absolute Gasteiger partial charge is 0.0573 e. The monoisotopic (exact) mass is 221 g/mol. The van der Waals surface area contributed by atoms with Crippen LogP contribution in [0.4, 0.5) is 11.4 Å². The predicted molar refractivity (Wildman–Crippen MR) is 65.3 cm³/mol. The van der Waals surface area contributed by atoms with Gasteiger partial charge in [0.15, 0.2) is 0 Å². The molecule has 0 spiro atoms. The topological polar surface area (TPSA) is 62.4 Å². The van der Waals surface area contributed by atoms with Crippen molar-refractivity contribution in [1.29, 1.82) is 0 Å². The van der Waals surface area contributed by atoms with Crippen LogP contribution in [0.1, 0.15) is 19.3 Å². The van der Waals surface area contributed by atoms with Gasteiger partial charge < -0.3 is 15.7 Å². The number of nitrogen functional groups attached to an aromatic ring is 1. The van der Waals surface area contributed by atoms with Crippen LogP contribution in [-0.2, 0) is 0 Å². The van der Waals surface area contributed by atoms with Gasteiger partial charge in [0.25, 0.3) is 0 Å². The van der Waals surface area contributed by atoms with Gasteiger partial charge in [-0.25, -0.2) is 0 Å². The first-order valence-electron chi connectivity index (χ1n) is 5.86. The quantitative estimate of drug-likeness (QED) is 0.806. The van der Waals surface area contributed by atoms with Crippen molar-refractivity contribution in [2.45, 2.75) is 19.3 Å². The van der Waals surface area contributed by atoms with Crippen molar-refractivity contribution in [2.75, 3.05) is 30.3 Å². The van der Waals surface area contributed by atoms with E-state index in [1.165, 1.54) is 12.8 Å². The second-order valence-electron chi connectivity index (χ2n) is 4.44. The van der Waals surface area contributed by atoms with E-state index in [1.807, 2.05) is 12.3 Å². The minimum absolute atomic E-state index is 0.285. The van der Waals surface area contributed by atoms with Gasteiger partial charge >= 0.3 is 0 Å². The van der Waals surface area contributed by atoms with Gasteiger partial charge in [0.05, 0.1) is 17.6 Å². The van der Waals surface area contributed by atoms with Crippen molar-refractivity contribution < 1.29 is 5.11 Å². The molecule has 16 heavy (non-hydrogen) atoms. The summed E-state index contributed by atoms with van der Waals surface area (Å²) < 4.78 is 0. The summed E-state index contributed by atoms with van der Waals surface area (Å²) in [5, 5.41) is 8.97. The van der Waals surface area contributed by atoms with Crippen LogP contribution < -0.4 is 10.6 Å². The van der Waals surface area contributed by atoms with Crippen molar-refractivity contribution in [3.63, 3.8) is 0 Å².